The van der Waals surface area contributed by atoms with Gasteiger partial charge in [-0.05, 0) is 43.5 Å². The highest BCUT2D eigenvalue weighted by molar-refractivity contribution is 7.89. The lowest BCUT2D eigenvalue weighted by Crippen LogP contribution is -2.36. The molecule has 1 saturated carbocycles. The molecule has 1 aliphatic carbocycles. The van der Waals surface area contributed by atoms with Crippen LogP contribution in [0.15, 0.2) is 23.1 Å². The molecule has 1 aliphatic rings. The van der Waals surface area contributed by atoms with Gasteiger partial charge in [-0.2, -0.15) is 4.31 Å². The first-order chi connectivity index (χ1) is 9.86. The topological polar surface area (TPSA) is 49.4 Å². The fraction of sp³-hybridized carbons (Fsp3) is 0.600. The van der Waals surface area contributed by atoms with E-state index in [1.807, 2.05) is 27.0 Å². The highest BCUT2D eigenvalue weighted by Crippen LogP contribution is 2.35. The zero-order valence-electron chi connectivity index (χ0n) is 12.8. The van der Waals surface area contributed by atoms with Gasteiger partial charge in [-0.3, -0.25) is 0 Å². The Morgan fingerprint density at radius 3 is 2.57 bits per heavy atom. The molecule has 0 heterocycles. The van der Waals surface area contributed by atoms with Crippen LogP contribution in [0.25, 0.3) is 0 Å². The SMILES string of the molecule is CNCc1ccc(Cl)c(S(=O)(=O)N(CC(C)C)C2CC2)c1. The second kappa shape index (κ2) is 6.65. The molecule has 118 valence electrons. The Balaban J connectivity index is 2.39. The zero-order valence-corrected chi connectivity index (χ0v) is 14.3. The number of nitrogens with one attached hydrogen (secondary N) is 1. The maximum atomic E-state index is 12.9. The van der Waals surface area contributed by atoms with Crippen molar-refractivity contribution in [1.29, 1.82) is 0 Å². The molecule has 21 heavy (non-hydrogen) atoms. The predicted octanol–water partition coefficient (Wildman–Crippen LogP) is 2.87. The van der Waals surface area contributed by atoms with Crippen LogP contribution in [-0.2, 0) is 16.6 Å². The van der Waals surface area contributed by atoms with E-state index in [1.165, 1.54) is 0 Å². The first kappa shape index (κ1) is 16.7. The standard InChI is InChI=1S/C15H23ClN2O2S/c1-11(2)10-18(13-5-6-13)21(19,20)15-8-12(9-17-3)4-7-14(15)16/h4,7-8,11,13,17H,5-6,9-10H2,1-3H3. The van der Waals surface area contributed by atoms with Gasteiger partial charge in [0.05, 0.1) is 5.02 Å². The fourth-order valence-corrected chi connectivity index (χ4v) is 4.73. The lowest BCUT2D eigenvalue weighted by Gasteiger charge is -2.24. The summed E-state index contributed by atoms with van der Waals surface area (Å²) in [4.78, 5) is 0.226. The van der Waals surface area contributed by atoms with Crippen molar-refractivity contribution in [2.75, 3.05) is 13.6 Å². The third-order valence-corrected chi connectivity index (χ3v) is 5.86. The van der Waals surface area contributed by atoms with Crippen molar-refractivity contribution in [2.45, 2.75) is 44.2 Å². The average molecular weight is 331 g/mol. The van der Waals surface area contributed by atoms with E-state index in [0.29, 0.717) is 24.0 Å². The van der Waals surface area contributed by atoms with E-state index in [0.717, 1.165) is 18.4 Å². The first-order valence-electron chi connectivity index (χ1n) is 7.31. The molecule has 1 fully saturated rings. The van der Waals surface area contributed by atoms with Crippen LogP contribution in [-0.4, -0.2) is 32.4 Å². The van der Waals surface area contributed by atoms with Gasteiger partial charge in [0.1, 0.15) is 4.90 Å². The van der Waals surface area contributed by atoms with Gasteiger partial charge in [0.2, 0.25) is 10.0 Å². The van der Waals surface area contributed by atoms with Crippen molar-refractivity contribution < 1.29 is 8.42 Å². The summed E-state index contributed by atoms with van der Waals surface area (Å²) < 4.78 is 27.5. The molecule has 1 aromatic rings. The molecule has 0 atom stereocenters. The second-order valence-electron chi connectivity index (χ2n) is 5.99. The van der Waals surface area contributed by atoms with Gasteiger partial charge in [0.25, 0.3) is 0 Å². The molecule has 0 amide bonds. The Labute approximate surface area is 132 Å². The molecule has 1 aromatic carbocycles. The molecular formula is C15H23ClN2O2S. The van der Waals surface area contributed by atoms with Gasteiger partial charge in [-0.1, -0.05) is 31.5 Å². The molecule has 0 radical (unpaired) electrons. The van der Waals surface area contributed by atoms with Crippen LogP contribution < -0.4 is 5.32 Å². The minimum atomic E-state index is -3.53. The minimum absolute atomic E-state index is 0.140. The summed E-state index contributed by atoms with van der Waals surface area (Å²) >= 11 is 6.16. The number of hydrogen-bond donors (Lipinski definition) is 1. The predicted molar refractivity (Wildman–Crippen MR) is 86.0 cm³/mol. The molecule has 0 aromatic heterocycles. The molecule has 4 nitrogen and oxygen atoms in total. The van der Waals surface area contributed by atoms with Gasteiger partial charge in [-0.25, -0.2) is 8.42 Å². The third-order valence-electron chi connectivity index (χ3n) is 3.46. The van der Waals surface area contributed by atoms with Crippen LogP contribution in [0.1, 0.15) is 32.3 Å². The zero-order chi connectivity index (χ0) is 15.6. The number of halogens is 1. The third kappa shape index (κ3) is 3.97. The van der Waals surface area contributed by atoms with Crippen LogP contribution >= 0.6 is 11.6 Å². The lowest BCUT2D eigenvalue weighted by molar-refractivity contribution is 0.360. The van der Waals surface area contributed by atoms with Crippen LogP contribution in [0.3, 0.4) is 0 Å². The normalized spacial score (nSPS) is 15.9. The molecule has 0 unspecified atom stereocenters. The van der Waals surface area contributed by atoms with Gasteiger partial charge < -0.3 is 5.32 Å². The molecule has 0 aliphatic heterocycles. The quantitative estimate of drug-likeness (QED) is 0.836. The summed E-state index contributed by atoms with van der Waals surface area (Å²) in [6, 6.07) is 5.34. The largest absolute Gasteiger partial charge is 0.316 e. The van der Waals surface area contributed by atoms with Crippen molar-refractivity contribution in [3.8, 4) is 0 Å². The summed E-state index contributed by atoms with van der Waals surface area (Å²) in [5.74, 6) is 0.291. The maximum Gasteiger partial charge on any atom is 0.244 e. The Bertz CT molecular complexity index is 598. The maximum absolute atomic E-state index is 12.9. The highest BCUT2D eigenvalue weighted by atomic mass is 35.5. The number of nitrogens with zero attached hydrogens (tertiary/aromatic N) is 1. The van der Waals surface area contributed by atoms with E-state index in [-0.39, 0.29) is 10.9 Å². The monoisotopic (exact) mass is 330 g/mol. The molecule has 6 heteroatoms. The summed E-state index contributed by atoms with van der Waals surface area (Å²) in [6.07, 6.45) is 1.89. The minimum Gasteiger partial charge on any atom is -0.316 e. The Morgan fingerprint density at radius 1 is 1.38 bits per heavy atom. The lowest BCUT2D eigenvalue weighted by atomic mass is 10.2. The average Bonchev–Trinajstić information content (AvgIpc) is 3.22. The Morgan fingerprint density at radius 2 is 2.05 bits per heavy atom. The van der Waals surface area contributed by atoms with Crippen molar-refractivity contribution in [1.82, 2.24) is 9.62 Å². The van der Waals surface area contributed by atoms with E-state index in [1.54, 1.807) is 16.4 Å². The smallest absolute Gasteiger partial charge is 0.244 e. The van der Waals surface area contributed by atoms with E-state index in [9.17, 15) is 8.42 Å². The number of benzene rings is 1. The van der Waals surface area contributed by atoms with Crippen molar-refractivity contribution in [2.24, 2.45) is 5.92 Å². The van der Waals surface area contributed by atoms with Gasteiger partial charge >= 0.3 is 0 Å². The van der Waals surface area contributed by atoms with Crippen molar-refractivity contribution in [3.63, 3.8) is 0 Å². The van der Waals surface area contributed by atoms with E-state index >= 15 is 0 Å². The first-order valence-corrected chi connectivity index (χ1v) is 9.13. The van der Waals surface area contributed by atoms with Gasteiger partial charge in [0, 0.05) is 19.1 Å². The number of sulfonamides is 1. The van der Waals surface area contributed by atoms with Gasteiger partial charge in [-0.15, -0.1) is 0 Å². The summed E-state index contributed by atoms with van der Waals surface area (Å²) in [5, 5.41) is 3.32. The fourth-order valence-electron chi connectivity index (χ4n) is 2.35. The van der Waals surface area contributed by atoms with Crippen molar-refractivity contribution in [3.05, 3.63) is 28.8 Å². The van der Waals surface area contributed by atoms with E-state index in [2.05, 4.69) is 5.32 Å². The summed E-state index contributed by atoms with van der Waals surface area (Å²) in [7, 11) is -1.70. The summed E-state index contributed by atoms with van der Waals surface area (Å²) in [6.45, 7) is 5.22. The van der Waals surface area contributed by atoms with Crippen LogP contribution in [0.4, 0.5) is 0 Å². The molecule has 1 N–H and O–H groups in total. The van der Waals surface area contributed by atoms with Crippen molar-refractivity contribution >= 4 is 21.6 Å². The molecular weight excluding hydrogens is 308 g/mol. The Kier molecular flexibility index (Phi) is 5.30. The van der Waals surface area contributed by atoms with E-state index < -0.39 is 10.0 Å². The summed E-state index contributed by atoms with van der Waals surface area (Å²) in [5.41, 5.74) is 0.917. The molecule has 0 spiro atoms. The molecule has 0 saturated heterocycles. The second-order valence-corrected chi connectivity index (χ2v) is 8.26. The highest BCUT2D eigenvalue weighted by Gasteiger charge is 2.39. The van der Waals surface area contributed by atoms with E-state index in [4.69, 9.17) is 11.6 Å². The number of rotatable bonds is 7. The van der Waals surface area contributed by atoms with Crippen LogP contribution in [0.5, 0.6) is 0 Å². The molecule has 0 bridgehead atoms. The van der Waals surface area contributed by atoms with Crippen LogP contribution in [0.2, 0.25) is 5.02 Å². The number of hydrogen-bond acceptors (Lipinski definition) is 3. The Hall–Kier alpha value is -0.620. The van der Waals surface area contributed by atoms with Crippen LogP contribution in [0, 0.1) is 5.92 Å². The molecule has 2 rings (SSSR count). The van der Waals surface area contributed by atoms with Gasteiger partial charge in [0.15, 0.2) is 0 Å².